The van der Waals surface area contributed by atoms with Gasteiger partial charge in [0.15, 0.2) is 35.4 Å². The monoisotopic (exact) mass is 501 g/mol. The molecule has 3 N–H and O–H groups in total. The number of fused-ring (bicyclic) bond motifs is 1. The van der Waals surface area contributed by atoms with Gasteiger partial charge in [0.05, 0.1) is 11.0 Å². The number of hydrogen-bond donors (Lipinski definition) is 3. The van der Waals surface area contributed by atoms with Gasteiger partial charge >= 0.3 is 0 Å². The summed E-state index contributed by atoms with van der Waals surface area (Å²) in [6, 6.07) is 8.40. The number of phenolic OH excluding ortho intramolecular Hbond substituents is 1. The molecule has 8 rings (SSSR count). The Morgan fingerprint density at radius 3 is 2.95 bits per heavy atom. The van der Waals surface area contributed by atoms with Gasteiger partial charge in [-0.3, -0.25) is 14.5 Å². The largest absolute Gasteiger partial charge is 0.504 e. The molecule has 2 aromatic carbocycles. The summed E-state index contributed by atoms with van der Waals surface area (Å²) >= 11 is 0. The SMILES string of the molecule is O=C(Nc1ccc2ncoc2c1)C1C[C@@]2(O)[C@H]3Cc4ccc(O)c5c4[C@@]2(CCN3CC2CC2)[C@@H](O5)C1=O. The number of ether oxygens (including phenoxy) is 1. The molecule has 3 aliphatic carbocycles. The van der Waals surface area contributed by atoms with E-state index in [1.165, 1.54) is 19.2 Å². The van der Waals surface area contributed by atoms with E-state index in [0.29, 0.717) is 41.3 Å². The van der Waals surface area contributed by atoms with E-state index in [2.05, 4.69) is 15.2 Å². The highest BCUT2D eigenvalue weighted by atomic mass is 16.5. The van der Waals surface area contributed by atoms with Crippen molar-refractivity contribution in [2.24, 2.45) is 11.8 Å². The van der Waals surface area contributed by atoms with Crippen LogP contribution in [0.25, 0.3) is 11.1 Å². The highest BCUT2D eigenvalue weighted by molar-refractivity contribution is 6.11. The number of Topliss-reactive ketones (excluding diaryl/α,β-unsaturated/α-hetero) is 1. The maximum Gasteiger partial charge on any atom is 0.235 e. The van der Waals surface area contributed by atoms with E-state index in [1.807, 2.05) is 6.07 Å². The number of carbonyl (C=O) groups is 2. The predicted molar refractivity (Wildman–Crippen MR) is 131 cm³/mol. The van der Waals surface area contributed by atoms with E-state index < -0.39 is 28.9 Å². The van der Waals surface area contributed by atoms with Crippen molar-refractivity contribution < 1.29 is 29.0 Å². The number of anilines is 1. The molecule has 3 aromatic rings. The minimum absolute atomic E-state index is 0.0163. The Kier molecular flexibility index (Phi) is 4.16. The van der Waals surface area contributed by atoms with E-state index >= 15 is 0 Å². The minimum atomic E-state index is -1.35. The summed E-state index contributed by atoms with van der Waals surface area (Å²) in [6.07, 6.45) is 3.87. The van der Waals surface area contributed by atoms with E-state index in [0.717, 1.165) is 24.2 Å². The first kappa shape index (κ1) is 21.6. The van der Waals surface area contributed by atoms with Crippen LogP contribution in [0.3, 0.4) is 0 Å². The Hall–Kier alpha value is -3.43. The van der Waals surface area contributed by atoms with Gasteiger partial charge < -0.3 is 24.7 Å². The third-order valence-electron chi connectivity index (χ3n) is 9.55. The number of aromatic nitrogens is 1. The van der Waals surface area contributed by atoms with Crippen LogP contribution in [0.15, 0.2) is 41.1 Å². The average molecular weight is 502 g/mol. The van der Waals surface area contributed by atoms with Gasteiger partial charge in [-0.25, -0.2) is 4.98 Å². The second-order valence-corrected chi connectivity index (χ2v) is 11.4. The summed E-state index contributed by atoms with van der Waals surface area (Å²) in [6.45, 7) is 1.66. The normalized spacial score (nSPS) is 33.8. The van der Waals surface area contributed by atoms with Gasteiger partial charge in [-0.05, 0) is 68.3 Å². The quantitative estimate of drug-likeness (QED) is 0.466. The van der Waals surface area contributed by atoms with Crippen molar-refractivity contribution in [3.63, 3.8) is 0 Å². The summed E-state index contributed by atoms with van der Waals surface area (Å²) in [7, 11) is 0. The number of aliphatic hydroxyl groups is 1. The van der Waals surface area contributed by atoms with Crippen LogP contribution in [-0.4, -0.2) is 62.6 Å². The highest BCUT2D eigenvalue weighted by Gasteiger charge is 2.75. The second-order valence-electron chi connectivity index (χ2n) is 11.4. The first-order chi connectivity index (χ1) is 17.9. The molecule has 2 saturated carbocycles. The fourth-order valence-corrected chi connectivity index (χ4v) is 7.69. The zero-order valence-electron chi connectivity index (χ0n) is 20.1. The Morgan fingerprint density at radius 1 is 1.24 bits per heavy atom. The third-order valence-corrected chi connectivity index (χ3v) is 9.55. The average Bonchev–Trinajstić information content (AvgIpc) is 3.43. The lowest BCUT2D eigenvalue weighted by Crippen LogP contribution is -2.78. The summed E-state index contributed by atoms with van der Waals surface area (Å²) in [5.41, 5.74) is 1.16. The molecule has 9 nitrogen and oxygen atoms in total. The number of benzene rings is 2. The summed E-state index contributed by atoms with van der Waals surface area (Å²) < 4.78 is 11.6. The van der Waals surface area contributed by atoms with Crippen molar-refractivity contribution in [2.75, 3.05) is 18.4 Å². The fourth-order valence-electron chi connectivity index (χ4n) is 7.69. The van der Waals surface area contributed by atoms with Crippen LogP contribution in [0.5, 0.6) is 11.5 Å². The maximum absolute atomic E-state index is 14.0. The number of nitrogens with one attached hydrogen (secondary N) is 1. The molecule has 5 aliphatic rings. The molecular weight excluding hydrogens is 474 g/mol. The Balaban J connectivity index is 1.21. The van der Waals surface area contributed by atoms with E-state index in [4.69, 9.17) is 9.15 Å². The van der Waals surface area contributed by atoms with Crippen molar-refractivity contribution in [1.29, 1.82) is 0 Å². The molecule has 1 amide bonds. The predicted octanol–water partition coefficient (Wildman–Crippen LogP) is 2.53. The lowest BCUT2D eigenvalue weighted by atomic mass is 9.47. The number of ketones is 1. The smallest absolute Gasteiger partial charge is 0.235 e. The molecule has 1 unspecified atom stereocenters. The van der Waals surface area contributed by atoms with Crippen molar-refractivity contribution >= 4 is 28.5 Å². The van der Waals surface area contributed by atoms with Crippen molar-refractivity contribution in [3.05, 3.63) is 47.9 Å². The molecule has 2 aliphatic heterocycles. The summed E-state index contributed by atoms with van der Waals surface area (Å²) in [4.78, 5) is 34.0. The van der Waals surface area contributed by atoms with Gasteiger partial charge in [0.2, 0.25) is 5.91 Å². The molecule has 5 atom stereocenters. The number of amides is 1. The molecule has 1 saturated heterocycles. The van der Waals surface area contributed by atoms with E-state index in [1.54, 1.807) is 24.3 Å². The van der Waals surface area contributed by atoms with Gasteiger partial charge in [0.1, 0.15) is 11.4 Å². The molecule has 0 radical (unpaired) electrons. The number of piperidine rings is 1. The molecule has 3 fully saturated rings. The zero-order valence-corrected chi connectivity index (χ0v) is 20.1. The van der Waals surface area contributed by atoms with Crippen LogP contribution >= 0.6 is 0 Å². The Bertz CT molecular complexity index is 1500. The molecule has 190 valence electrons. The van der Waals surface area contributed by atoms with Crippen molar-refractivity contribution in [2.45, 2.75) is 55.3 Å². The highest BCUT2D eigenvalue weighted by Crippen LogP contribution is 2.65. The maximum atomic E-state index is 14.0. The first-order valence-corrected chi connectivity index (χ1v) is 13.1. The standard InChI is InChI=1S/C28H27N3O6/c32-19-6-3-15-9-21-28(35)11-17(26(34)30-16-4-5-18-20(10-16)36-13-29-18)23(33)25-27(28,22(15)24(19)37-25)7-8-31(21)12-14-1-2-14/h3-6,10,13-14,17,21,25,32,35H,1-2,7-9,11-12H2,(H,30,34)/t17?,21-,25+,27+,28-/m1/s1. The number of nitrogens with zero attached hydrogens (tertiary/aromatic N) is 2. The topological polar surface area (TPSA) is 125 Å². The van der Waals surface area contributed by atoms with Crippen LogP contribution in [0.4, 0.5) is 5.69 Å². The van der Waals surface area contributed by atoms with E-state index in [-0.39, 0.29) is 24.0 Å². The number of oxazole rings is 1. The molecule has 9 heteroatoms. The van der Waals surface area contributed by atoms with Crippen molar-refractivity contribution in [3.8, 4) is 11.5 Å². The van der Waals surface area contributed by atoms with Crippen LogP contribution in [0.1, 0.15) is 36.8 Å². The molecule has 2 bridgehead atoms. The number of aromatic hydroxyl groups is 1. The lowest BCUT2D eigenvalue weighted by molar-refractivity contribution is -0.197. The number of phenols is 1. The fraction of sp³-hybridized carbons (Fsp3) is 0.464. The molecule has 1 aromatic heterocycles. The van der Waals surface area contributed by atoms with Gasteiger partial charge in [-0.1, -0.05) is 6.07 Å². The summed E-state index contributed by atoms with van der Waals surface area (Å²) in [5.74, 6) is -1.01. The van der Waals surface area contributed by atoms with Gasteiger partial charge in [0, 0.05) is 29.9 Å². The molecular formula is C28H27N3O6. The van der Waals surface area contributed by atoms with Gasteiger partial charge in [-0.2, -0.15) is 0 Å². The lowest BCUT2D eigenvalue weighted by Gasteiger charge is -2.63. The van der Waals surface area contributed by atoms with Gasteiger partial charge in [-0.15, -0.1) is 0 Å². The third kappa shape index (κ3) is 2.73. The van der Waals surface area contributed by atoms with Crippen LogP contribution in [-0.2, 0) is 21.4 Å². The van der Waals surface area contributed by atoms with E-state index in [9.17, 15) is 19.8 Å². The Labute approximate surface area is 212 Å². The number of rotatable bonds is 4. The second kappa shape index (κ2) is 7.11. The van der Waals surface area contributed by atoms with Crippen LogP contribution in [0, 0.1) is 11.8 Å². The number of hydrogen-bond acceptors (Lipinski definition) is 8. The Morgan fingerprint density at radius 2 is 2.11 bits per heavy atom. The first-order valence-electron chi connectivity index (χ1n) is 13.1. The van der Waals surface area contributed by atoms with Gasteiger partial charge in [0.25, 0.3) is 0 Å². The molecule has 1 spiro atoms. The van der Waals surface area contributed by atoms with Crippen LogP contribution in [0.2, 0.25) is 0 Å². The summed E-state index contributed by atoms with van der Waals surface area (Å²) in [5, 5.41) is 26.2. The van der Waals surface area contributed by atoms with Crippen molar-refractivity contribution in [1.82, 2.24) is 9.88 Å². The number of likely N-dealkylation sites (tertiary alicyclic amines) is 1. The number of carbonyl (C=O) groups excluding carboxylic acids is 2. The minimum Gasteiger partial charge on any atom is -0.504 e. The molecule has 37 heavy (non-hydrogen) atoms. The molecule has 3 heterocycles. The van der Waals surface area contributed by atoms with Crippen LogP contribution < -0.4 is 10.1 Å². The zero-order chi connectivity index (χ0) is 25.1.